The Hall–Kier alpha value is -4.35. The molecule has 0 atom stereocenters. The maximum absolute atomic E-state index is 14.0. The third kappa shape index (κ3) is 6.29. The summed E-state index contributed by atoms with van der Waals surface area (Å²) in [4.78, 5) is 22.7. The molecule has 5 rings (SSSR count). The van der Waals surface area contributed by atoms with Gasteiger partial charge in [0.05, 0.1) is 47.7 Å². The van der Waals surface area contributed by atoms with Gasteiger partial charge in [-0.15, -0.1) is 11.8 Å². The molecule has 5 aromatic rings. The smallest absolute Gasteiger partial charge is 0.239 e. The fraction of sp³-hybridized carbons (Fsp3) is 0.281. The number of thioether (sulfide) groups is 1. The molecule has 3 aromatic carbocycles. The monoisotopic (exact) mass is 638 g/mol. The summed E-state index contributed by atoms with van der Waals surface area (Å²) in [6.07, 6.45) is 3.02. The van der Waals surface area contributed by atoms with E-state index in [1.54, 1.807) is 42.4 Å². The highest BCUT2D eigenvalue weighted by molar-refractivity contribution is 7.99. The van der Waals surface area contributed by atoms with Crippen LogP contribution in [0.2, 0.25) is 5.02 Å². The molecule has 0 bridgehead atoms. The number of hydrogen-bond donors (Lipinski definition) is 0. The number of fused-ring (bicyclic) bond motifs is 2. The van der Waals surface area contributed by atoms with E-state index in [-0.39, 0.29) is 34.5 Å². The van der Waals surface area contributed by atoms with Crippen molar-refractivity contribution in [1.29, 1.82) is 0 Å². The molecule has 230 valence electrons. The Morgan fingerprint density at radius 1 is 0.818 bits per heavy atom. The molecule has 0 saturated carbocycles. The summed E-state index contributed by atoms with van der Waals surface area (Å²) >= 11 is 7.81. The van der Waals surface area contributed by atoms with Gasteiger partial charge in [-0.1, -0.05) is 11.6 Å². The summed E-state index contributed by atoms with van der Waals surface area (Å²) < 4.78 is 40.0. The van der Waals surface area contributed by atoms with Crippen molar-refractivity contribution in [3.63, 3.8) is 0 Å². The van der Waals surface area contributed by atoms with Crippen LogP contribution in [0.3, 0.4) is 0 Å². The number of benzene rings is 3. The zero-order chi connectivity index (χ0) is 31.2. The first kappa shape index (κ1) is 31.1. The van der Waals surface area contributed by atoms with Crippen molar-refractivity contribution < 1.29 is 32.8 Å². The van der Waals surface area contributed by atoms with Crippen LogP contribution in [-0.2, 0) is 0 Å². The second kappa shape index (κ2) is 14.0. The molecule has 0 aliphatic heterocycles. The SMILES string of the molecule is COc1cc(OC)c2c(=O)c(OCCCCSc3ncnc4ccc(Cl)cc34)c(-c3cc(OC)c(OC)c(OC)c3)oc2c1. The van der Waals surface area contributed by atoms with Gasteiger partial charge in [0.1, 0.15) is 33.8 Å². The third-order valence-electron chi connectivity index (χ3n) is 6.86. The van der Waals surface area contributed by atoms with Gasteiger partial charge < -0.3 is 32.8 Å². The fourth-order valence-electron chi connectivity index (χ4n) is 4.72. The minimum absolute atomic E-state index is 0.0410. The van der Waals surface area contributed by atoms with Crippen molar-refractivity contribution in [2.24, 2.45) is 0 Å². The highest BCUT2D eigenvalue weighted by Crippen LogP contribution is 2.44. The molecule has 0 spiro atoms. The van der Waals surface area contributed by atoms with E-state index in [0.29, 0.717) is 45.8 Å². The van der Waals surface area contributed by atoms with Crippen molar-refractivity contribution in [2.45, 2.75) is 17.9 Å². The van der Waals surface area contributed by atoms with E-state index < -0.39 is 0 Å². The van der Waals surface area contributed by atoms with Crippen LogP contribution in [0.4, 0.5) is 0 Å². The van der Waals surface area contributed by atoms with Crippen LogP contribution in [-0.4, -0.2) is 57.9 Å². The highest BCUT2D eigenvalue weighted by atomic mass is 35.5. The lowest BCUT2D eigenvalue weighted by molar-refractivity contribution is 0.301. The van der Waals surface area contributed by atoms with Gasteiger partial charge in [-0.05, 0) is 48.9 Å². The second-order valence-corrected chi connectivity index (χ2v) is 11.0. The molecule has 0 amide bonds. The van der Waals surface area contributed by atoms with E-state index in [9.17, 15) is 4.79 Å². The zero-order valence-corrected chi connectivity index (χ0v) is 26.5. The molecule has 12 heteroatoms. The van der Waals surface area contributed by atoms with Crippen LogP contribution in [0.1, 0.15) is 12.8 Å². The summed E-state index contributed by atoms with van der Waals surface area (Å²) in [6.45, 7) is 0.267. The first-order valence-electron chi connectivity index (χ1n) is 13.6. The Labute approximate surface area is 263 Å². The molecule has 0 fully saturated rings. The summed E-state index contributed by atoms with van der Waals surface area (Å²) in [5, 5.41) is 2.65. The quantitative estimate of drug-likeness (QED) is 0.0751. The second-order valence-electron chi connectivity index (χ2n) is 9.45. The van der Waals surface area contributed by atoms with Crippen LogP contribution in [0.15, 0.2) is 63.0 Å². The maximum Gasteiger partial charge on any atom is 0.239 e. The summed E-state index contributed by atoms with van der Waals surface area (Å²) in [6, 6.07) is 12.2. The normalized spacial score (nSPS) is 11.0. The van der Waals surface area contributed by atoms with E-state index in [1.807, 2.05) is 18.2 Å². The maximum atomic E-state index is 14.0. The molecule has 2 aromatic heterocycles. The van der Waals surface area contributed by atoms with Crippen molar-refractivity contribution in [1.82, 2.24) is 9.97 Å². The van der Waals surface area contributed by atoms with Gasteiger partial charge in [0.15, 0.2) is 17.3 Å². The van der Waals surface area contributed by atoms with E-state index >= 15 is 0 Å². The molecule has 0 unspecified atom stereocenters. The summed E-state index contributed by atoms with van der Waals surface area (Å²) in [5.74, 6) is 3.01. The van der Waals surface area contributed by atoms with Crippen LogP contribution in [0, 0.1) is 0 Å². The zero-order valence-electron chi connectivity index (χ0n) is 24.9. The van der Waals surface area contributed by atoms with Crippen molar-refractivity contribution in [3.05, 3.63) is 64.0 Å². The Balaban J connectivity index is 1.44. The molecule has 0 N–H and O–H groups in total. The average molecular weight is 639 g/mol. The molecule has 0 aliphatic carbocycles. The predicted octanol–water partition coefficient (Wildman–Crippen LogP) is 7.05. The number of hydrogen-bond acceptors (Lipinski definition) is 11. The van der Waals surface area contributed by atoms with Crippen LogP contribution < -0.4 is 33.8 Å². The lowest BCUT2D eigenvalue weighted by atomic mass is 10.1. The van der Waals surface area contributed by atoms with Crippen LogP contribution in [0.5, 0.6) is 34.5 Å². The van der Waals surface area contributed by atoms with Crippen LogP contribution >= 0.6 is 23.4 Å². The third-order valence-corrected chi connectivity index (χ3v) is 8.18. The standard InChI is InChI=1S/C32H31ClN2O8S/c1-37-20-15-23(38-2)27-24(16-20)43-29(18-12-25(39-3)30(41-5)26(13-18)40-4)31(28(27)36)42-10-6-7-11-44-32-21-14-19(33)8-9-22(21)34-17-35-32/h8-9,12-17H,6-7,10-11H2,1-5H3. The molecule has 0 saturated heterocycles. The van der Waals surface area contributed by atoms with Crippen LogP contribution in [0.25, 0.3) is 33.2 Å². The van der Waals surface area contributed by atoms with E-state index in [4.69, 9.17) is 44.4 Å². The Morgan fingerprint density at radius 3 is 2.25 bits per heavy atom. The van der Waals surface area contributed by atoms with E-state index in [0.717, 1.165) is 28.1 Å². The van der Waals surface area contributed by atoms with Gasteiger partial charge in [0.25, 0.3) is 0 Å². The summed E-state index contributed by atoms with van der Waals surface area (Å²) in [7, 11) is 7.55. The Morgan fingerprint density at radius 2 is 1.57 bits per heavy atom. The molecule has 0 aliphatic rings. The number of rotatable bonds is 13. The summed E-state index contributed by atoms with van der Waals surface area (Å²) in [5.41, 5.74) is 1.23. The van der Waals surface area contributed by atoms with Gasteiger partial charge >= 0.3 is 0 Å². The minimum Gasteiger partial charge on any atom is -0.496 e. The molecule has 44 heavy (non-hydrogen) atoms. The van der Waals surface area contributed by atoms with E-state index in [1.165, 1.54) is 35.5 Å². The number of halogens is 1. The Bertz CT molecular complexity index is 1840. The number of aromatic nitrogens is 2. The van der Waals surface area contributed by atoms with Gasteiger partial charge in [0.2, 0.25) is 16.9 Å². The number of unbranched alkanes of at least 4 members (excludes halogenated alkanes) is 1. The highest BCUT2D eigenvalue weighted by Gasteiger charge is 2.24. The lowest BCUT2D eigenvalue weighted by Crippen LogP contribution is -2.12. The Kier molecular flexibility index (Phi) is 9.86. The van der Waals surface area contributed by atoms with Crippen molar-refractivity contribution in [2.75, 3.05) is 47.9 Å². The predicted molar refractivity (Wildman–Crippen MR) is 171 cm³/mol. The van der Waals surface area contributed by atoms with E-state index in [2.05, 4.69) is 9.97 Å². The van der Waals surface area contributed by atoms with Crippen molar-refractivity contribution >= 4 is 45.2 Å². The number of ether oxygens (including phenoxy) is 6. The van der Waals surface area contributed by atoms with Gasteiger partial charge in [0, 0.05) is 28.1 Å². The molecular formula is C32H31ClN2O8S. The number of methoxy groups -OCH3 is 5. The van der Waals surface area contributed by atoms with Gasteiger partial charge in [-0.3, -0.25) is 4.79 Å². The molecule has 10 nitrogen and oxygen atoms in total. The largest absolute Gasteiger partial charge is 0.496 e. The first-order valence-corrected chi connectivity index (χ1v) is 15.0. The topological polar surface area (TPSA) is 111 Å². The van der Waals surface area contributed by atoms with Gasteiger partial charge in [-0.2, -0.15) is 0 Å². The lowest BCUT2D eigenvalue weighted by Gasteiger charge is -2.17. The molecular weight excluding hydrogens is 608 g/mol. The number of nitrogens with zero attached hydrogens (tertiary/aromatic N) is 2. The molecule has 0 radical (unpaired) electrons. The minimum atomic E-state index is -0.381. The van der Waals surface area contributed by atoms with Crippen molar-refractivity contribution in [3.8, 4) is 45.8 Å². The fourth-order valence-corrected chi connectivity index (χ4v) is 5.88. The first-order chi connectivity index (χ1) is 21.4. The molecule has 2 heterocycles. The van der Waals surface area contributed by atoms with Gasteiger partial charge in [-0.25, -0.2) is 9.97 Å². The average Bonchev–Trinajstić information content (AvgIpc) is 3.05.